The van der Waals surface area contributed by atoms with Gasteiger partial charge in [-0.05, 0) is 27.9 Å². The molecule has 0 amide bonds. The second kappa shape index (κ2) is 5.07. The van der Waals surface area contributed by atoms with E-state index >= 15 is 0 Å². The third-order valence-electron chi connectivity index (χ3n) is 3.05. The van der Waals surface area contributed by atoms with Crippen molar-refractivity contribution in [1.82, 2.24) is 24.5 Å². The first kappa shape index (κ1) is 13.0. The number of rotatable bonds is 4. The highest BCUT2D eigenvalue weighted by molar-refractivity contribution is 6.30. The summed E-state index contributed by atoms with van der Waals surface area (Å²) in [5, 5.41) is 7.96. The van der Waals surface area contributed by atoms with Crippen LogP contribution < -0.4 is 5.32 Å². The number of hydrogen-bond donors (Lipinski definition) is 1. The highest BCUT2D eigenvalue weighted by Crippen LogP contribution is 2.21. The van der Waals surface area contributed by atoms with Crippen LogP contribution in [0.2, 0.25) is 5.15 Å². The van der Waals surface area contributed by atoms with Gasteiger partial charge in [0.2, 0.25) is 0 Å². The Hall–Kier alpha value is -1.40. The molecule has 6 nitrogen and oxygen atoms in total. The molecule has 0 radical (unpaired) electrons. The molecule has 0 aliphatic rings. The molecule has 0 bridgehead atoms. The van der Waals surface area contributed by atoms with E-state index in [9.17, 15) is 0 Å². The van der Waals surface area contributed by atoms with Crippen LogP contribution in [0.5, 0.6) is 0 Å². The molecular weight excluding hydrogens is 252 g/mol. The molecule has 2 heterocycles. The average molecular weight is 269 g/mol. The SMILES string of the molecule is Cc1c(Cl)nc2ncnn2c1NCC(C)N(C)C. The quantitative estimate of drug-likeness (QED) is 0.851. The van der Waals surface area contributed by atoms with Gasteiger partial charge in [0, 0.05) is 18.2 Å². The van der Waals surface area contributed by atoms with Crippen LogP contribution in [0, 0.1) is 6.92 Å². The van der Waals surface area contributed by atoms with Gasteiger partial charge < -0.3 is 10.2 Å². The van der Waals surface area contributed by atoms with E-state index in [1.54, 1.807) is 4.52 Å². The van der Waals surface area contributed by atoms with Crippen molar-refractivity contribution in [2.45, 2.75) is 19.9 Å². The Balaban J connectivity index is 2.31. The summed E-state index contributed by atoms with van der Waals surface area (Å²) in [4.78, 5) is 10.4. The van der Waals surface area contributed by atoms with Crippen molar-refractivity contribution < 1.29 is 0 Å². The summed E-state index contributed by atoms with van der Waals surface area (Å²) in [5.41, 5.74) is 0.876. The first-order valence-corrected chi connectivity index (χ1v) is 6.14. The van der Waals surface area contributed by atoms with E-state index in [0.29, 0.717) is 17.0 Å². The Kier molecular flexibility index (Phi) is 3.68. The molecule has 7 heteroatoms. The van der Waals surface area contributed by atoms with Crippen LogP contribution in [0.15, 0.2) is 6.33 Å². The zero-order valence-electron chi connectivity index (χ0n) is 11.0. The molecular formula is C11H17ClN6. The van der Waals surface area contributed by atoms with Gasteiger partial charge in [0.1, 0.15) is 17.3 Å². The third-order valence-corrected chi connectivity index (χ3v) is 3.42. The predicted octanol–water partition coefficient (Wildman–Crippen LogP) is 1.45. The molecule has 2 rings (SSSR count). The van der Waals surface area contributed by atoms with Crippen LogP contribution >= 0.6 is 11.6 Å². The molecule has 18 heavy (non-hydrogen) atoms. The topological polar surface area (TPSA) is 58.4 Å². The average Bonchev–Trinajstić information content (AvgIpc) is 2.76. The van der Waals surface area contributed by atoms with Crippen LogP contribution in [0.25, 0.3) is 5.78 Å². The Bertz CT molecular complexity index is 550. The summed E-state index contributed by atoms with van der Waals surface area (Å²) in [6, 6.07) is 0.398. The smallest absolute Gasteiger partial charge is 0.255 e. The maximum absolute atomic E-state index is 6.08. The van der Waals surface area contributed by atoms with Gasteiger partial charge in [-0.15, -0.1) is 0 Å². The fourth-order valence-electron chi connectivity index (χ4n) is 1.53. The summed E-state index contributed by atoms with van der Waals surface area (Å²) in [7, 11) is 4.09. The van der Waals surface area contributed by atoms with Crippen molar-refractivity contribution >= 4 is 23.2 Å². The summed E-state index contributed by atoms with van der Waals surface area (Å²) < 4.78 is 1.67. The molecule has 0 fully saturated rings. The van der Waals surface area contributed by atoms with Crippen LogP contribution in [0.3, 0.4) is 0 Å². The van der Waals surface area contributed by atoms with E-state index in [1.807, 2.05) is 21.0 Å². The van der Waals surface area contributed by atoms with Gasteiger partial charge in [0.15, 0.2) is 0 Å². The van der Waals surface area contributed by atoms with E-state index in [0.717, 1.165) is 17.9 Å². The molecule has 2 aromatic rings. The van der Waals surface area contributed by atoms with Crippen molar-refractivity contribution in [3.05, 3.63) is 17.0 Å². The highest BCUT2D eigenvalue weighted by Gasteiger charge is 2.13. The highest BCUT2D eigenvalue weighted by atomic mass is 35.5. The number of aromatic nitrogens is 4. The number of nitrogens with one attached hydrogen (secondary N) is 1. The summed E-state index contributed by atoms with van der Waals surface area (Å²) in [6.45, 7) is 4.85. The van der Waals surface area contributed by atoms with Gasteiger partial charge in [0.25, 0.3) is 5.78 Å². The lowest BCUT2D eigenvalue weighted by Crippen LogP contribution is -2.32. The Morgan fingerprint density at radius 1 is 1.50 bits per heavy atom. The lowest BCUT2D eigenvalue weighted by molar-refractivity contribution is 0.326. The van der Waals surface area contributed by atoms with E-state index in [1.165, 1.54) is 6.33 Å². The monoisotopic (exact) mass is 268 g/mol. The number of likely N-dealkylation sites (N-methyl/N-ethyl adjacent to an activating group) is 1. The van der Waals surface area contributed by atoms with Gasteiger partial charge in [-0.3, -0.25) is 0 Å². The Labute approximate surface area is 111 Å². The number of hydrogen-bond acceptors (Lipinski definition) is 5. The molecule has 98 valence electrons. The van der Waals surface area contributed by atoms with E-state index in [2.05, 4.69) is 32.2 Å². The van der Waals surface area contributed by atoms with Crippen LogP contribution in [0.1, 0.15) is 12.5 Å². The maximum Gasteiger partial charge on any atom is 0.255 e. The number of fused-ring (bicyclic) bond motifs is 1. The minimum absolute atomic E-state index is 0.398. The van der Waals surface area contributed by atoms with Crippen LogP contribution in [-0.2, 0) is 0 Å². The van der Waals surface area contributed by atoms with Crippen molar-refractivity contribution in [2.24, 2.45) is 0 Å². The van der Waals surface area contributed by atoms with Gasteiger partial charge in [-0.1, -0.05) is 11.6 Å². The third kappa shape index (κ3) is 2.39. The predicted molar refractivity (Wildman–Crippen MR) is 72.2 cm³/mol. The molecule has 0 aliphatic heterocycles. The Morgan fingerprint density at radius 2 is 2.22 bits per heavy atom. The molecule has 0 saturated heterocycles. The minimum Gasteiger partial charge on any atom is -0.368 e. The fourth-order valence-corrected chi connectivity index (χ4v) is 1.70. The first-order chi connectivity index (χ1) is 8.50. The summed E-state index contributed by atoms with van der Waals surface area (Å²) in [6.07, 6.45) is 1.47. The molecule has 0 aliphatic carbocycles. The van der Waals surface area contributed by atoms with Crippen LogP contribution in [0.4, 0.5) is 5.82 Å². The van der Waals surface area contributed by atoms with E-state index in [4.69, 9.17) is 11.6 Å². The minimum atomic E-state index is 0.398. The van der Waals surface area contributed by atoms with Gasteiger partial charge in [-0.25, -0.2) is 0 Å². The lowest BCUT2D eigenvalue weighted by Gasteiger charge is -2.21. The maximum atomic E-state index is 6.08. The van der Waals surface area contributed by atoms with Crippen molar-refractivity contribution in [2.75, 3.05) is 26.0 Å². The lowest BCUT2D eigenvalue weighted by atomic mass is 10.3. The summed E-state index contributed by atoms with van der Waals surface area (Å²) in [5.74, 6) is 1.35. The second-order valence-electron chi connectivity index (χ2n) is 4.54. The first-order valence-electron chi connectivity index (χ1n) is 5.77. The van der Waals surface area contributed by atoms with E-state index in [-0.39, 0.29) is 0 Å². The summed E-state index contributed by atoms with van der Waals surface area (Å²) >= 11 is 6.08. The van der Waals surface area contributed by atoms with Gasteiger partial charge in [-0.2, -0.15) is 19.6 Å². The largest absolute Gasteiger partial charge is 0.368 e. The molecule has 1 atom stereocenters. The molecule has 0 saturated carbocycles. The van der Waals surface area contributed by atoms with Gasteiger partial charge >= 0.3 is 0 Å². The van der Waals surface area contributed by atoms with Crippen molar-refractivity contribution in [3.8, 4) is 0 Å². The van der Waals surface area contributed by atoms with Crippen molar-refractivity contribution in [1.29, 1.82) is 0 Å². The van der Waals surface area contributed by atoms with Crippen LogP contribution in [-0.4, -0.2) is 51.2 Å². The number of nitrogens with zero attached hydrogens (tertiary/aromatic N) is 5. The molecule has 2 aromatic heterocycles. The molecule has 0 spiro atoms. The van der Waals surface area contributed by atoms with Gasteiger partial charge in [0.05, 0.1) is 0 Å². The van der Waals surface area contributed by atoms with E-state index < -0.39 is 0 Å². The second-order valence-corrected chi connectivity index (χ2v) is 4.90. The number of anilines is 1. The Morgan fingerprint density at radius 3 is 2.89 bits per heavy atom. The molecule has 1 N–H and O–H groups in total. The molecule has 0 aromatic carbocycles. The zero-order valence-corrected chi connectivity index (χ0v) is 11.7. The normalized spacial score (nSPS) is 13.2. The molecule has 1 unspecified atom stereocenters. The standard InChI is InChI=1S/C11H17ClN6/c1-7(17(3)4)5-13-10-8(2)9(12)16-11-14-6-15-18(10)11/h6-7,13H,5H2,1-4H3. The zero-order chi connectivity index (χ0) is 13.3. The number of halogens is 1. The fraction of sp³-hybridized carbons (Fsp3) is 0.545. The van der Waals surface area contributed by atoms with Crippen molar-refractivity contribution in [3.63, 3.8) is 0 Å².